The number of nitrogen functional groups attached to an aromatic ring is 1. The van der Waals surface area contributed by atoms with E-state index in [1.54, 1.807) is 0 Å². The first-order chi connectivity index (χ1) is 7.04. The number of ether oxygens (including phenoxy) is 2. The van der Waals surface area contributed by atoms with Crippen molar-refractivity contribution in [1.82, 2.24) is 0 Å². The SMILES string of the molecule is COC(=O)COc1cc(F)c(Br)cc1N. The second-order valence-corrected chi connectivity index (χ2v) is 3.52. The van der Waals surface area contributed by atoms with E-state index in [1.165, 1.54) is 13.2 Å². The van der Waals surface area contributed by atoms with Gasteiger partial charge in [0.05, 0.1) is 17.3 Å². The van der Waals surface area contributed by atoms with Gasteiger partial charge in [-0.25, -0.2) is 9.18 Å². The highest BCUT2D eigenvalue weighted by Crippen LogP contribution is 2.28. The first kappa shape index (κ1) is 11.8. The van der Waals surface area contributed by atoms with Crippen molar-refractivity contribution in [3.8, 4) is 5.75 Å². The molecule has 0 amide bonds. The number of rotatable bonds is 3. The molecule has 1 aromatic carbocycles. The van der Waals surface area contributed by atoms with Crippen molar-refractivity contribution in [2.75, 3.05) is 19.5 Å². The van der Waals surface area contributed by atoms with Crippen molar-refractivity contribution >= 4 is 27.6 Å². The standard InChI is InChI=1S/C9H9BrFNO3/c1-14-9(13)4-15-8-3-6(11)5(10)2-7(8)12/h2-3H,4,12H2,1H3. The van der Waals surface area contributed by atoms with E-state index in [0.29, 0.717) is 0 Å². The second-order valence-electron chi connectivity index (χ2n) is 2.67. The minimum Gasteiger partial charge on any atom is -0.480 e. The smallest absolute Gasteiger partial charge is 0.343 e. The number of esters is 1. The fourth-order valence-corrected chi connectivity index (χ4v) is 1.23. The normalized spacial score (nSPS) is 9.80. The number of carbonyl (C=O) groups is 1. The van der Waals surface area contributed by atoms with Gasteiger partial charge in [-0.3, -0.25) is 0 Å². The molecular weight excluding hydrogens is 269 g/mol. The summed E-state index contributed by atoms with van der Waals surface area (Å²) in [6.07, 6.45) is 0. The van der Waals surface area contributed by atoms with Gasteiger partial charge in [0.15, 0.2) is 6.61 Å². The lowest BCUT2D eigenvalue weighted by molar-refractivity contribution is -0.142. The second kappa shape index (κ2) is 4.97. The van der Waals surface area contributed by atoms with Crippen molar-refractivity contribution < 1.29 is 18.7 Å². The van der Waals surface area contributed by atoms with Crippen LogP contribution in [0.2, 0.25) is 0 Å². The van der Waals surface area contributed by atoms with Crippen LogP contribution in [0, 0.1) is 5.82 Å². The van der Waals surface area contributed by atoms with Crippen molar-refractivity contribution in [2.45, 2.75) is 0 Å². The molecule has 0 fully saturated rings. The van der Waals surface area contributed by atoms with Crippen LogP contribution in [0.1, 0.15) is 0 Å². The molecule has 0 aliphatic rings. The summed E-state index contributed by atoms with van der Waals surface area (Å²) < 4.78 is 22.6. The average molecular weight is 278 g/mol. The molecule has 15 heavy (non-hydrogen) atoms. The van der Waals surface area contributed by atoms with Crippen LogP contribution < -0.4 is 10.5 Å². The van der Waals surface area contributed by atoms with Crippen molar-refractivity contribution in [2.24, 2.45) is 0 Å². The molecule has 0 atom stereocenters. The van der Waals surface area contributed by atoms with E-state index in [9.17, 15) is 9.18 Å². The predicted octanol–water partition coefficient (Wildman–Crippen LogP) is 1.72. The number of methoxy groups -OCH3 is 1. The maximum absolute atomic E-state index is 13.1. The Labute approximate surface area is 94.3 Å². The Bertz CT molecular complexity index is 384. The molecule has 1 aromatic rings. The molecule has 1 rings (SSSR count). The summed E-state index contributed by atoms with van der Waals surface area (Å²) in [5.74, 6) is -0.956. The van der Waals surface area contributed by atoms with E-state index < -0.39 is 11.8 Å². The van der Waals surface area contributed by atoms with Gasteiger partial charge in [-0.15, -0.1) is 0 Å². The molecule has 0 spiro atoms. The van der Waals surface area contributed by atoms with Crippen LogP contribution in [0.25, 0.3) is 0 Å². The summed E-state index contributed by atoms with van der Waals surface area (Å²) >= 11 is 2.97. The molecular formula is C9H9BrFNO3. The van der Waals surface area contributed by atoms with Crippen LogP contribution >= 0.6 is 15.9 Å². The number of carbonyl (C=O) groups excluding carboxylic acids is 1. The fourth-order valence-electron chi connectivity index (χ4n) is 0.865. The zero-order chi connectivity index (χ0) is 11.4. The fraction of sp³-hybridized carbons (Fsp3) is 0.222. The molecule has 4 nitrogen and oxygen atoms in total. The Morgan fingerprint density at radius 1 is 1.60 bits per heavy atom. The molecule has 0 aromatic heterocycles. The summed E-state index contributed by atoms with van der Waals surface area (Å²) in [6.45, 7) is -0.304. The van der Waals surface area contributed by atoms with Crippen LogP contribution in [0.15, 0.2) is 16.6 Å². The number of anilines is 1. The number of nitrogens with two attached hydrogens (primary N) is 1. The van der Waals surface area contributed by atoms with E-state index >= 15 is 0 Å². The van der Waals surface area contributed by atoms with Crippen LogP contribution in [0.5, 0.6) is 5.75 Å². The molecule has 0 saturated heterocycles. The van der Waals surface area contributed by atoms with Gasteiger partial charge in [0.1, 0.15) is 11.6 Å². The molecule has 0 bridgehead atoms. The zero-order valence-corrected chi connectivity index (χ0v) is 9.51. The van der Waals surface area contributed by atoms with E-state index in [-0.39, 0.29) is 22.5 Å². The molecule has 0 heterocycles. The van der Waals surface area contributed by atoms with E-state index in [2.05, 4.69) is 20.7 Å². The van der Waals surface area contributed by atoms with Gasteiger partial charge in [-0.2, -0.15) is 0 Å². The van der Waals surface area contributed by atoms with Crippen LogP contribution in [-0.2, 0) is 9.53 Å². The van der Waals surface area contributed by atoms with Gasteiger partial charge in [-0.1, -0.05) is 0 Å². The number of hydrogen-bond donors (Lipinski definition) is 1. The van der Waals surface area contributed by atoms with Crippen LogP contribution in [0.4, 0.5) is 10.1 Å². The summed E-state index contributed by atoms with van der Waals surface area (Å²) in [5, 5.41) is 0. The Balaban J connectivity index is 2.77. The van der Waals surface area contributed by atoms with E-state index in [1.807, 2.05) is 0 Å². The van der Waals surface area contributed by atoms with E-state index in [4.69, 9.17) is 10.5 Å². The number of hydrogen-bond acceptors (Lipinski definition) is 4. The van der Waals surface area contributed by atoms with Crippen molar-refractivity contribution in [1.29, 1.82) is 0 Å². The van der Waals surface area contributed by atoms with Gasteiger partial charge in [0.2, 0.25) is 0 Å². The molecule has 0 saturated carbocycles. The van der Waals surface area contributed by atoms with Crippen molar-refractivity contribution in [3.05, 3.63) is 22.4 Å². The Morgan fingerprint density at radius 2 is 2.27 bits per heavy atom. The summed E-state index contributed by atoms with van der Waals surface area (Å²) in [6, 6.07) is 2.46. The quantitative estimate of drug-likeness (QED) is 0.675. The third-order valence-corrected chi connectivity index (χ3v) is 2.23. The van der Waals surface area contributed by atoms with Gasteiger partial charge in [0, 0.05) is 6.07 Å². The third kappa shape index (κ3) is 3.09. The lowest BCUT2D eigenvalue weighted by Gasteiger charge is -2.08. The molecule has 0 aliphatic heterocycles. The lowest BCUT2D eigenvalue weighted by atomic mass is 10.3. The van der Waals surface area contributed by atoms with Gasteiger partial charge in [-0.05, 0) is 22.0 Å². The first-order valence-corrected chi connectivity index (χ1v) is 4.78. The maximum Gasteiger partial charge on any atom is 0.343 e. The highest BCUT2D eigenvalue weighted by molar-refractivity contribution is 9.10. The van der Waals surface area contributed by atoms with Gasteiger partial charge >= 0.3 is 5.97 Å². The topological polar surface area (TPSA) is 61.5 Å². The highest BCUT2D eigenvalue weighted by atomic mass is 79.9. The highest BCUT2D eigenvalue weighted by Gasteiger charge is 2.09. The minimum absolute atomic E-state index is 0.112. The Morgan fingerprint density at radius 3 is 2.87 bits per heavy atom. The number of halogens is 2. The van der Waals surface area contributed by atoms with Gasteiger partial charge < -0.3 is 15.2 Å². The molecule has 2 N–H and O–H groups in total. The molecule has 6 heteroatoms. The Hall–Kier alpha value is -1.30. The summed E-state index contributed by atoms with van der Waals surface area (Å²) in [4.78, 5) is 10.8. The maximum atomic E-state index is 13.1. The number of benzene rings is 1. The van der Waals surface area contributed by atoms with Crippen molar-refractivity contribution in [3.63, 3.8) is 0 Å². The van der Waals surface area contributed by atoms with E-state index in [0.717, 1.165) is 6.07 Å². The van der Waals surface area contributed by atoms with Crippen LogP contribution in [0.3, 0.4) is 0 Å². The van der Waals surface area contributed by atoms with Crippen LogP contribution in [-0.4, -0.2) is 19.7 Å². The largest absolute Gasteiger partial charge is 0.480 e. The average Bonchev–Trinajstić information content (AvgIpc) is 2.21. The summed E-state index contributed by atoms with van der Waals surface area (Å²) in [5.41, 5.74) is 5.79. The monoisotopic (exact) mass is 277 g/mol. The Kier molecular flexibility index (Phi) is 3.90. The molecule has 0 unspecified atom stereocenters. The molecule has 0 radical (unpaired) electrons. The minimum atomic E-state index is -0.558. The van der Waals surface area contributed by atoms with Gasteiger partial charge in [0.25, 0.3) is 0 Å². The summed E-state index contributed by atoms with van der Waals surface area (Å²) in [7, 11) is 1.23. The lowest BCUT2D eigenvalue weighted by Crippen LogP contribution is -2.13. The zero-order valence-electron chi connectivity index (χ0n) is 7.92. The molecule has 0 aliphatic carbocycles. The first-order valence-electron chi connectivity index (χ1n) is 3.98. The molecule has 82 valence electrons. The third-order valence-electron chi connectivity index (χ3n) is 1.63. The predicted molar refractivity (Wildman–Crippen MR) is 56.0 cm³/mol.